The van der Waals surface area contributed by atoms with Crippen LogP contribution in [-0.4, -0.2) is 17.8 Å². The van der Waals surface area contributed by atoms with Crippen molar-refractivity contribution < 1.29 is 0 Å². The molecule has 2 aromatic heterocycles. The van der Waals surface area contributed by atoms with Crippen molar-refractivity contribution in [2.75, 3.05) is 23.4 Å². The predicted octanol–water partition coefficient (Wildman–Crippen LogP) is 3.35. The first-order valence-corrected chi connectivity index (χ1v) is 8.26. The number of pyridine rings is 1. The summed E-state index contributed by atoms with van der Waals surface area (Å²) in [5, 5.41) is 10.2. The van der Waals surface area contributed by atoms with Crippen molar-refractivity contribution >= 4 is 33.8 Å². The number of nitrogens with two attached hydrogens (primary N) is 1. The Morgan fingerprint density at radius 3 is 2.85 bits per heavy atom. The standard InChI is InChI=1S/C14H16N4S2/c1-3-18(9-10-6-4-5-7-17-10)14-13(19-2)12(16)11(8-15)20-14/h4-7H,3,9,16H2,1-2H3. The Balaban J connectivity index is 2.35. The number of anilines is 2. The number of hydrogen-bond acceptors (Lipinski definition) is 6. The molecule has 0 aromatic carbocycles. The number of thioether (sulfide) groups is 1. The second-order valence-electron chi connectivity index (χ2n) is 4.13. The minimum absolute atomic E-state index is 0.587. The first kappa shape index (κ1) is 14.7. The van der Waals surface area contributed by atoms with Crippen LogP contribution < -0.4 is 10.6 Å². The van der Waals surface area contributed by atoms with Gasteiger partial charge in [0.25, 0.3) is 0 Å². The zero-order chi connectivity index (χ0) is 14.5. The van der Waals surface area contributed by atoms with Gasteiger partial charge in [-0.15, -0.1) is 23.1 Å². The number of hydrogen-bond donors (Lipinski definition) is 1. The molecule has 20 heavy (non-hydrogen) atoms. The van der Waals surface area contributed by atoms with E-state index in [-0.39, 0.29) is 0 Å². The van der Waals surface area contributed by atoms with Crippen LogP contribution in [0.5, 0.6) is 0 Å². The Hall–Kier alpha value is -1.71. The molecule has 0 saturated heterocycles. The second kappa shape index (κ2) is 6.64. The molecular weight excluding hydrogens is 288 g/mol. The molecule has 0 atom stereocenters. The summed E-state index contributed by atoms with van der Waals surface area (Å²) in [6, 6.07) is 8.06. The molecule has 0 spiro atoms. The first-order chi connectivity index (χ1) is 9.71. The molecule has 0 radical (unpaired) electrons. The van der Waals surface area contributed by atoms with Crippen LogP contribution in [0.4, 0.5) is 10.7 Å². The van der Waals surface area contributed by atoms with Gasteiger partial charge in [0, 0.05) is 12.7 Å². The van der Waals surface area contributed by atoms with E-state index < -0.39 is 0 Å². The van der Waals surface area contributed by atoms with Crippen molar-refractivity contribution in [3.8, 4) is 6.07 Å². The molecule has 0 aliphatic rings. The van der Waals surface area contributed by atoms with Crippen molar-refractivity contribution in [3.05, 3.63) is 35.0 Å². The molecule has 0 aliphatic carbocycles. The van der Waals surface area contributed by atoms with E-state index in [0.29, 0.717) is 10.6 Å². The Morgan fingerprint density at radius 1 is 1.50 bits per heavy atom. The highest BCUT2D eigenvalue weighted by Gasteiger charge is 2.19. The molecule has 0 aliphatic heterocycles. The van der Waals surface area contributed by atoms with E-state index in [1.807, 2.05) is 24.5 Å². The topological polar surface area (TPSA) is 65.9 Å². The van der Waals surface area contributed by atoms with Crippen LogP contribution in [0.1, 0.15) is 17.5 Å². The molecule has 2 aromatic rings. The van der Waals surface area contributed by atoms with Crippen LogP contribution in [0.15, 0.2) is 29.3 Å². The summed E-state index contributed by atoms with van der Waals surface area (Å²) in [4.78, 5) is 8.14. The minimum Gasteiger partial charge on any atom is -0.396 e. The summed E-state index contributed by atoms with van der Waals surface area (Å²) in [5.74, 6) is 0. The largest absolute Gasteiger partial charge is 0.396 e. The lowest BCUT2D eigenvalue weighted by Gasteiger charge is -2.22. The van der Waals surface area contributed by atoms with Gasteiger partial charge in [-0.25, -0.2) is 0 Å². The van der Waals surface area contributed by atoms with E-state index >= 15 is 0 Å². The zero-order valence-electron chi connectivity index (χ0n) is 11.5. The average Bonchev–Trinajstić information content (AvgIpc) is 2.81. The van der Waals surface area contributed by atoms with Crippen molar-refractivity contribution in [1.82, 2.24) is 4.98 Å². The van der Waals surface area contributed by atoms with E-state index in [0.717, 1.165) is 28.7 Å². The molecule has 4 nitrogen and oxygen atoms in total. The Kier molecular flexibility index (Phi) is 4.88. The number of rotatable bonds is 5. The van der Waals surface area contributed by atoms with Crippen LogP contribution in [0.25, 0.3) is 0 Å². The molecule has 104 valence electrons. The predicted molar refractivity (Wildman–Crippen MR) is 86.2 cm³/mol. The first-order valence-electron chi connectivity index (χ1n) is 6.22. The van der Waals surface area contributed by atoms with Gasteiger partial charge in [-0.2, -0.15) is 5.26 Å². The molecule has 0 saturated carbocycles. The van der Waals surface area contributed by atoms with Gasteiger partial charge >= 0.3 is 0 Å². The highest BCUT2D eigenvalue weighted by atomic mass is 32.2. The molecule has 6 heteroatoms. The fourth-order valence-electron chi connectivity index (χ4n) is 1.92. The van der Waals surface area contributed by atoms with Crippen LogP contribution >= 0.6 is 23.1 Å². The smallest absolute Gasteiger partial charge is 0.131 e. The monoisotopic (exact) mass is 304 g/mol. The van der Waals surface area contributed by atoms with E-state index in [4.69, 9.17) is 11.0 Å². The van der Waals surface area contributed by atoms with Gasteiger partial charge in [-0.05, 0) is 25.3 Å². The third-order valence-corrected chi connectivity index (χ3v) is 5.06. The lowest BCUT2D eigenvalue weighted by molar-refractivity contribution is 0.811. The number of nitriles is 1. The summed E-state index contributed by atoms with van der Waals surface area (Å²) in [5.41, 5.74) is 7.64. The van der Waals surface area contributed by atoms with Gasteiger partial charge < -0.3 is 10.6 Å². The van der Waals surface area contributed by atoms with E-state index in [9.17, 15) is 0 Å². The van der Waals surface area contributed by atoms with Crippen LogP contribution in [-0.2, 0) is 6.54 Å². The highest BCUT2D eigenvalue weighted by Crippen LogP contribution is 2.43. The van der Waals surface area contributed by atoms with Crippen molar-refractivity contribution in [2.24, 2.45) is 0 Å². The number of aromatic nitrogens is 1. The summed E-state index contributed by atoms with van der Waals surface area (Å²) >= 11 is 3.04. The quantitative estimate of drug-likeness (QED) is 0.858. The minimum atomic E-state index is 0.587. The van der Waals surface area contributed by atoms with E-state index in [1.165, 1.54) is 11.3 Å². The third-order valence-electron chi connectivity index (χ3n) is 2.94. The average molecular weight is 304 g/mol. The molecule has 0 fully saturated rings. The second-order valence-corrected chi connectivity index (χ2v) is 5.95. The van der Waals surface area contributed by atoms with Gasteiger partial charge in [0.15, 0.2) is 0 Å². The number of thiophene rings is 1. The normalized spacial score (nSPS) is 10.2. The summed E-state index contributed by atoms with van der Waals surface area (Å²) in [6.07, 6.45) is 3.78. The molecule has 2 heterocycles. The van der Waals surface area contributed by atoms with Gasteiger partial charge in [0.05, 0.1) is 22.8 Å². The Bertz CT molecular complexity index is 616. The van der Waals surface area contributed by atoms with Crippen molar-refractivity contribution in [1.29, 1.82) is 5.26 Å². The number of nitrogens with zero attached hydrogens (tertiary/aromatic N) is 3. The van der Waals surface area contributed by atoms with Crippen LogP contribution in [0.2, 0.25) is 0 Å². The summed E-state index contributed by atoms with van der Waals surface area (Å²) in [7, 11) is 0. The Morgan fingerprint density at radius 2 is 2.30 bits per heavy atom. The number of nitrogen functional groups attached to an aromatic ring is 1. The fourth-order valence-corrected chi connectivity index (χ4v) is 3.96. The fraction of sp³-hybridized carbons (Fsp3) is 0.286. The maximum absolute atomic E-state index is 9.14. The Labute approximate surface area is 127 Å². The molecule has 0 unspecified atom stereocenters. The summed E-state index contributed by atoms with van der Waals surface area (Å²) < 4.78 is 0. The van der Waals surface area contributed by atoms with Gasteiger partial charge in [0.2, 0.25) is 0 Å². The highest BCUT2D eigenvalue weighted by molar-refractivity contribution is 7.99. The van der Waals surface area contributed by atoms with Crippen LogP contribution in [0, 0.1) is 11.3 Å². The lowest BCUT2D eigenvalue weighted by Crippen LogP contribution is -2.22. The zero-order valence-corrected chi connectivity index (χ0v) is 13.1. The maximum atomic E-state index is 9.14. The lowest BCUT2D eigenvalue weighted by atomic mass is 10.3. The van der Waals surface area contributed by atoms with Crippen LogP contribution in [0.3, 0.4) is 0 Å². The van der Waals surface area contributed by atoms with Crippen molar-refractivity contribution in [3.63, 3.8) is 0 Å². The third kappa shape index (κ3) is 2.89. The van der Waals surface area contributed by atoms with E-state index in [2.05, 4.69) is 22.9 Å². The van der Waals surface area contributed by atoms with E-state index in [1.54, 1.807) is 18.0 Å². The molecular formula is C14H16N4S2. The molecule has 2 rings (SSSR count). The van der Waals surface area contributed by atoms with Gasteiger partial charge in [0.1, 0.15) is 15.9 Å². The SMILES string of the molecule is CCN(Cc1ccccn1)c1sc(C#N)c(N)c1SC. The van der Waals surface area contributed by atoms with Gasteiger partial charge in [-0.1, -0.05) is 6.07 Å². The van der Waals surface area contributed by atoms with Crippen molar-refractivity contribution in [2.45, 2.75) is 18.4 Å². The molecule has 0 amide bonds. The molecule has 0 bridgehead atoms. The maximum Gasteiger partial charge on any atom is 0.131 e. The van der Waals surface area contributed by atoms with Gasteiger partial charge in [-0.3, -0.25) is 4.98 Å². The molecule has 2 N–H and O–H groups in total. The summed E-state index contributed by atoms with van der Waals surface area (Å²) in [6.45, 7) is 3.65.